The first kappa shape index (κ1) is 15.8. The number of carbonyl (C=O) groups excluding carboxylic acids is 1. The topological polar surface area (TPSA) is 66.5 Å². The van der Waals surface area contributed by atoms with E-state index < -0.39 is 15.9 Å². The van der Waals surface area contributed by atoms with Crippen molar-refractivity contribution in [3.05, 3.63) is 0 Å². The highest BCUT2D eigenvalue weighted by atomic mass is 32.2. The summed E-state index contributed by atoms with van der Waals surface area (Å²) in [5.41, 5.74) is 0. The predicted octanol–water partition coefficient (Wildman–Crippen LogP) is 0.802. The van der Waals surface area contributed by atoms with Crippen LogP contribution in [0.25, 0.3) is 0 Å². The second-order valence-corrected chi connectivity index (χ2v) is 8.33. The Kier molecular flexibility index (Phi) is 5.43. The van der Waals surface area contributed by atoms with Gasteiger partial charge in [-0.25, -0.2) is 8.42 Å². The van der Waals surface area contributed by atoms with Crippen molar-refractivity contribution in [2.75, 3.05) is 31.6 Å². The number of rotatable bonds is 3. The van der Waals surface area contributed by atoms with Crippen LogP contribution in [0.2, 0.25) is 0 Å². The van der Waals surface area contributed by atoms with Crippen LogP contribution in [-0.4, -0.2) is 56.9 Å². The van der Waals surface area contributed by atoms with Crippen LogP contribution in [0, 0.1) is 5.92 Å². The van der Waals surface area contributed by atoms with E-state index in [1.54, 1.807) is 11.9 Å². The minimum atomic E-state index is -3.12. The summed E-state index contributed by atoms with van der Waals surface area (Å²) < 4.78 is 23.7. The second kappa shape index (κ2) is 6.89. The highest BCUT2D eigenvalue weighted by molar-refractivity contribution is 7.91. The monoisotopic (exact) mass is 302 g/mol. The molecule has 0 aromatic heterocycles. The number of amides is 1. The molecule has 6 heteroatoms. The maximum atomic E-state index is 12.4. The zero-order valence-electron chi connectivity index (χ0n) is 12.3. The van der Waals surface area contributed by atoms with Crippen LogP contribution in [0.1, 0.15) is 38.5 Å². The third kappa shape index (κ3) is 4.19. The van der Waals surface area contributed by atoms with Crippen molar-refractivity contribution in [2.24, 2.45) is 5.92 Å². The largest absolute Gasteiger partial charge is 0.340 e. The summed E-state index contributed by atoms with van der Waals surface area (Å²) in [6, 6.07) is -0.576. The molecule has 1 heterocycles. The summed E-state index contributed by atoms with van der Waals surface area (Å²) in [6.45, 7) is 1.09. The Morgan fingerprint density at radius 3 is 2.45 bits per heavy atom. The van der Waals surface area contributed by atoms with Gasteiger partial charge in [-0.15, -0.1) is 0 Å². The molecular weight excluding hydrogens is 276 g/mol. The van der Waals surface area contributed by atoms with Crippen molar-refractivity contribution in [3.8, 4) is 0 Å². The Hall–Kier alpha value is -0.620. The number of likely N-dealkylation sites (N-methyl/N-ethyl adjacent to an activating group) is 1. The molecule has 1 saturated carbocycles. The van der Waals surface area contributed by atoms with Gasteiger partial charge in [0.15, 0.2) is 9.84 Å². The number of sulfone groups is 1. The number of hydrogen-bond acceptors (Lipinski definition) is 4. The van der Waals surface area contributed by atoms with E-state index in [2.05, 4.69) is 5.32 Å². The van der Waals surface area contributed by atoms with Gasteiger partial charge >= 0.3 is 0 Å². The van der Waals surface area contributed by atoms with Gasteiger partial charge in [0, 0.05) is 13.1 Å². The lowest BCUT2D eigenvalue weighted by molar-refractivity contribution is -0.133. The zero-order valence-corrected chi connectivity index (χ0v) is 13.1. The average molecular weight is 302 g/mol. The van der Waals surface area contributed by atoms with Gasteiger partial charge in [-0.05, 0) is 25.8 Å². The summed E-state index contributed by atoms with van der Waals surface area (Å²) >= 11 is 0. The van der Waals surface area contributed by atoms with Crippen molar-refractivity contribution >= 4 is 15.7 Å². The standard InChI is InChI=1S/C14H26N2O3S/c1-15-13-11-20(18,19)9-8-16(14(13)17)10-12-6-4-2-3-5-7-12/h12-13,15H,2-11H2,1H3. The molecule has 1 aliphatic carbocycles. The Labute approximate surface area is 122 Å². The number of hydrogen-bond donors (Lipinski definition) is 1. The molecule has 1 atom stereocenters. The van der Waals surface area contributed by atoms with Gasteiger partial charge in [0.05, 0.1) is 11.5 Å². The Morgan fingerprint density at radius 1 is 1.20 bits per heavy atom. The van der Waals surface area contributed by atoms with E-state index in [4.69, 9.17) is 0 Å². The fourth-order valence-corrected chi connectivity index (χ4v) is 4.72. The van der Waals surface area contributed by atoms with Crippen LogP contribution in [0.3, 0.4) is 0 Å². The lowest BCUT2D eigenvalue weighted by Gasteiger charge is -2.27. The molecule has 0 aromatic carbocycles. The highest BCUT2D eigenvalue weighted by Gasteiger charge is 2.33. The summed E-state index contributed by atoms with van der Waals surface area (Å²) in [7, 11) is -1.46. The Bertz CT molecular complexity index is 428. The van der Waals surface area contributed by atoms with Gasteiger partial charge in [0.2, 0.25) is 5.91 Å². The smallest absolute Gasteiger partial charge is 0.240 e. The molecule has 0 bridgehead atoms. The molecule has 1 saturated heterocycles. The first-order valence-corrected chi connectivity index (χ1v) is 9.50. The average Bonchev–Trinajstić information content (AvgIpc) is 2.72. The van der Waals surface area contributed by atoms with Crippen molar-refractivity contribution in [1.82, 2.24) is 10.2 Å². The van der Waals surface area contributed by atoms with Crippen molar-refractivity contribution in [1.29, 1.82) is 0 Å². The van der Waals surface area contributed by atoms with Gasteiger partial charge < -0.3 is 10.2 Å². The molecule has 2 aliphatic rings. The SMILES string of the molecule is CNC1CS(=O)(=O)CCN(CC2CCCCCC2)C1=O. The lowest BCUT2D eigenvalue weighted by Crippen LogP contribution is -2.47. The van der Waals surface area contributed by atoms with Crippen LogP contribution in [0.15, 0.2) is 0 Å². The van der Waals surface area contributed by atoms with E-state index >= 15 is 0 Å². The predicted molar refractivity (Wildman–Crippen MR) is 79.3 cm³/mol. The van der Waals surface area contributed by atoms with Crippen LogP contribution in [-0.2, 0) is 14.6 Å². The van der Waals surface area contributed by atoms with E-state index in [0.29, 0.717) is 12.5 Å². The quantitative estimate of drug-likeness (QED) is 0.783. The van der Waals surface area contributed by atoms with Crippen molar-refractivity contribution in [3.63, 3.8) is 0 Å². The first-order valence-electron chi connectivity index (χ1n) is 7.68. The van der Waals surface area contributed by atoms with Gasteiger partial charge in [0.1, 0.15) is 6.04 Å². The maximum absolute atomic E-state index is 12.4. The normalized spacial score (nSPS) is 28.9. The molecule has 0 radical (unpaired) electrons. The van der Waals surface area contributed by atoms with Gasteiger partial charge in [-0.3, -0.25) is 4.79 Å². The number of carbonyl (C=O) groups is 1. The van der Waals surface area contributed by atoms with Crippen LogP contribution >= 0.6 is 0 Å². The minimum Gasteiger partial charge on any atom is -0.340 e. The fraction of sp³-hybridized carbons (Fsp3) is 0.929. The molecule has 0 spiro atoms. The molecule has 2 fully saturated rings. The fourth-order valence-electron chi connectivity index (χ4n) is 3.23. The van der Waals surface area contributed by atoms with Crippen molar-refractivity contribution in [2.45, 2.75) is 44.6 Å². The molecule has 5 nitrogen and oxygen atoms in total. The van der Waals surface area contributed by atoms with Gasteiger partial charge in [-0.2, -0.15) is 0 Å². The molecule has 20 heavy (non-hydrogen) atoms. The third-order valence-corrected chi connectivity index (χ3v) is 6.15. The molecule has 2 rings (SSSR count). The molecule has 1 amide bonds. The summed E-state index contributed by atoms with van der Waals surface area (Å²) in [5, 5.41) is 2.86. The Morgan fingerprint density at radius 2 is 1.85 bits per heavy atom. The third-order valence-electron chi connectivity index (χ3n) is 4.50. The van der Waals surface area contributed by atoms with Crippen molar-refractivity contribution < 1.29 is 13.2 Å². The highest BCUT2D eigenvalue weighted by Crippen LogP contribution is 2.24. The zero-order chi connectivity index (χ0) is 14.6. The van der Waals surface area contributed by atoms with Gasteiger partial charge in [0.25, 0.3) is 0 Å². The maximum Gasteiger partial charge on any atom is 0.240 e. The second-order valence-electron chi connectivity index (χ2n) is 6.10. The molecule has 1 aliphatic heterocycles. The molecular formula is C14H26N2O3S. The molecule has 1 unspecified atom stereocenters. The number of nitrogens with one attached hydrogen (secondary N) is 1. The summed E-state index contributed by atoms with van der Waals surface area (Å²) in [6.07, 6.45) is 7.39. The van der Waals surface area contributed by atoms with E-state index in [9.17, 15) is 13.2 Å². The Balaban J connectivity index is 2.03. The minimum absolute atomic E-state index is 0.0437. The van der Waals surface area contributed by atoms with E-state index in [0.717, 1.165) is 6.54 Å². The first-order chi connectivity index (χ1) is 9.52. The van der Waals surface area contributed by atoms with E-state index in [1.165, 1.54) is 38.5 Å². The van der Waals surface area contributed by atoms with E-state index in [1.807, 2.05) is 0 Å². The molecule has 116 valence electrons. The van der Waals surface area contributed by atoms with Crippen LogP contribution in [0.5, 0.6) is 0 Å². The summed E-state index contributed by atoms with van der Waals surface area (Å²) in [4.78, 5) is 14.2. The molecule has 1 N–H and O–H groups in total. The van der Waals surface area contributed by atoms with E-state index in [-0.39, 0.29) is 17.4 Å². The molecule has 0 aromatic rings. The number of nitrogens with zero attached hydrogens (tertiary/aromatic N) is 1. The lowest BCUT2D eigenvalue weighted by atomic mass is 9.99. The van der Waals surface area contributed by atoms with Crippen LogP contribution in [0.4, 0.5) is 0 Å². The summed E-state index contributed by atoms with van der Waals surface area (Å²) in [5.74, 6) is 0.533. The van der Waals surface area contributed by atoms with Gasteiger partial charge in [-0.1, -0.05) is 25.7 Å². The van der Waals surface area contributed by atoms with Crippen LogP contribution < -0.4 is 5.32 Å².